The van der Waals surface area contributed by atoms with Gasteiger partial charge in [0.15, 0.2) is 5.13 Å². The predicted molar refractivity (Wildman–Crippen MR) is 68.1 cm³/mol. The van der Waals surface area contributed by atoms with Crippen LogP contribution in [0.4, 0.5) is 5.13 Å². The topological polar surface area (TPSA) is 45.2 Å². The molecule has 1 aromatic heterocycles. The maximum absolute atomic E-state index is 11.8. The lowest BCUT2D eigenvalue weighted by Gasteiger charge is -2.31. The largest absolute Gasteiger partial charge is 0.301 e. The van der Waals surface area contributed by atoms with Gasteiger partial charge in [-0.3, -0.25) is 9.69 Å². The minimum Gasteiger partial charge on any atom is -0.301 e. The highest BCUT2D eigenvalue weighted by atomic mass is 32.1. The molecule has 3 rings (SSSR count). The molecule has 1 N–H and O–H groups in total. The number of likely N-dealkylation sites (tertiary alicyclic amines) is 1. The standard InChI is InChI=1S/C12H17N3OS/c16-10(14-11-13-5-8-17-11)9-15-6-3-12(1-2-12)4-7-15/h5,8H,1-4,6-7,9H2,(H,13,14,16). The minimum absolute atomic E-state index is 0.0618. The van der Waals surface area contributed by atoms with Crippen LogP contribution in [0.25, 0.3) is 0 Å². The summed E-state index contributed by atoms with van der Waals surface area (Å²) in [6.07, 6.45) is 7.07. The van der Waals surface area contributed by atoms with E-state index in [1.807, 2.05) is 5.38 Å². The number of carbonyl (C=O) groups is 1. The summed E-state index contributed by atoms with van der Waals surface area (Å²) in [4.78, 5) is 18.1. The van der Waals surface area contributed by atoms with Crippen molar-refractivity contribution in [2.75, 3.05) is 25.0 Å². The number of thiazole rings is 1. The van der Waals surface area contributed by atoms with Crippen LogP contribution < -0.4 is 5.32 Å². The Labute approximate surface area is 105 Å². The second kappa shape index (κ2) is 4.38. The van der Waals surface area contributed by atoms with Crippen LogP contribution in [0.1, 0.15) is 25.7 Å². The highest BCUT2D eigenvalue weighted by Gasteiger charge is 2.44. The van der Waals surface area contributed by atoms with Crippen LogP contribution in [-0.2, 0) is 4.79 Å². The van der Waals surface area contributed by atoms with E-state index < -0.39 is 0 Å². The third-order valence-corrected chi connectivity index (χ3v) is 4.61. The highest BCUT2D eigenvalue weighted by molar-refractivity contribution is 7.13. The predicted octanol–water partition coefficient (Wildman–Crippen LogP) is 1.96. The Balaban J connectivity index is 1.45. The van der Waals surface area contributed by atoms with Crippen molar-refractivity contribution in [3.8, 4) is 0 Å². The van der Waals surface area contributed by atoms with Crippen molar-refractivity contribution >= 4 is 22.4 Å². The number of nitrogens with one attached hydrogen (secondary N) is 1. The van der Waals surface area contributed by atoms with Crippen molar-refractivity contribution in [2.45, 2.75) is 25.7 Å². The first-order valence-electron chi connectivity index (χ1n) is 6.18. The van der Waals surface area contributed by atoms with E-state index in [0.29, 0.717) is 17.1 Å². The Morgan fingerprint density at radius 2 is 2.18 bits per heavy atom. The van der Waals surface area contributed by atoms with Crippen LogP contribution >= 0.6 is 11.3 Å². The van der Waals surface area contributed by atoms with Gasteiger partial charge in [-0.05, 0) is 44.2 Å². The summed E-state index contributed by atoms with van der Waals surface area (Å²) in [6, 6.07) is 0. The van der Waals surface area contributed by atoms with Gasteiger partial charge in [0.1, 0.15) is 0 Å². The molecule has 1 aliphatic carbocycles. The average molecular weight is 251 g/mol. The smallest absolute Gasteiger partial charge is 0.240 e. The summed E-state index contributed by atoms with van der Waals surface area (Å²) in [7, 11) is 0. The second-order valence-corrected chi connectivity index (χ2v) is 6.06. The van der Waals surface area contributed by atoms with E-state index in [-0.39, 0.29) is 5.91 Å². The lowest BCUT2D eigenvalue weighted by Crippen LogP contribution is -2.39. The van der Waals surface area contributed by atoms with Crippen molar-refractivity contribution in [3.63, 3.8) is 0 Å². The summed E-state index contributed by atoms with van der Waals surface area (Å²) in [5.74, 6) is 0.0618. The quantitative estimate of drug-likeness (QED) is 0.893. The Bertz CT molecular complexity index is 390. The molecule has 4 nitrogen and oxygen atoms in total. The number of amides is 1. The van der Waals surface area contributed by atoms with E-state index in [4.69, 9.17) is 0 Å². The normalized spacial score (nSPS) is 22.6. The highest BCUT2D eigenvalue weighted by Crippen LogP contribution is 2.53. The maximum atomic E-state index is 11.8. The number of carbonyl (C=O) groups excluding carboxylic acids is 1. The average Bonchev–Trinajstić information content (AvgIpc) is 2.87. The summed E-state index contributed by atoms with van der Waals surface area (Å²) < 4.78 is 0. The Hall–Kier alpha value is -0.940. The molecule has 92 valence electrons. The monoisotopic (exact) mass is 251 g/mol. The van der Waals surface area contributed by atoms with Crippen molar-refractivity contribution < 1.29 is 4.79 Å². The van der Waals surface area contributed by atoms with Crippen molar-refractivity contribution in [1.29, 1.82) is 0 Å². The third kappa shape index (κ3) is 2.66. The van der Waals surface area contributed by atoms with Crippen molar-refractivity contribution in [3.05, 3.63) is 11.6 Å². The first-order valence-corrected chi connectivity index (χ1v) is 7.06. The summed E-state index contributed by atoms with van der Waals surface area (Å²) in [5, 5.41) is 5.40. The molecule has 1 saturated carbocycles. The zero-order chi connectivity index (χ0) is 11.7. The molecule has 2 aliphatic rings. The van der Waals surface area contributed by atoms with Gasteiger partial charge in [-0.25, -0.2) is 4.98 Å². The number of aromatic nitrogens is 1. The SMILES string of the molecule is O=C(CN1CCC2(CC1)CC2)Nc1nccs1. The van der Waals surface area contributed by atoms with Gasteiger partial charge in [0, 0.05) is 11.6 Å². The Kier molecular flexibility index (Phi) is 2.88. The number of piperidine rings is 1. The third-order valence-electron chi connectivity index (χ3n) is 3.92. The summed E-state index contributed by atoms with van der Waals surface area (Å²) >= 11 is 1.46. The molecule has 1 aromatic rings. The first-order chi connectivity index (χ1) is 8.26. The Morgan fingerprint density at radius 3 is 2.76 bits per heavy atom. The molecule has 5 heteroatoms. The second-order valence-electron chi connectivity index (χ2n) is 5.16. The van der Waals surface area contributed by atoms with Gasteiger partial charge < -0.3 is 5.32 Å². The van der Waals surface area contributed by atoms with Crippen LogP contribution in [-0.4, -0.2) is 35.4 Å². The van der Waals surface area contributed by atoms with Gasteiger partial charge in [-0.1, -0.05) is 0 Å². The van der Waals surface area contributed by atoms with Crippen LogP contribution in [0, 0.1) is 5.41 Å². The van der Waals surface area contributed by atoms with Gasteiger partial charge in [-0.15, -0.1) is 11.3 Å². The van der Waals surface area contributed by atoms with Gasteiger partial charge in [0.25, 0.3) is 0 Å². The van der Waals surface area contributed by atoms with Gasteiger partial charge in [0.05, 0.1) is 6.54 Å². The number of rotatable bonds is 3. The fourth-order valence-electron chi connectivity index (χ4n) is 2.51. The van der Waals surface area contributed by atoms with E-state index in [9.17, 15) is 4.79 Å². The van der Waals surface area contributed by atoms with Crippen molar-refractivity contribution in [1.82, 2.24) is 9.88 Å². The number of hydrogen-bond donors (Lipinski definition) is 1. The van der Waals surface area contributed by atoms with E-state index in [1.54, 1.807) is 6.20 Å². The van der Waals surface area contributed by atoms with Gasteiger partial charge >= 0.3 is 0 Å². The maximum Gasteiger partial charge on any atom is 0.240 e. The van der Waals surface area contributed by atoms with Crippen molar-refractivity contribution in [2.24, 2.45) is 5.41 Å². The summed E-state index contributed by atoms with van der Waals surface area (Å²) in [5.41, 5.74) is 0.683. The number of anilines is 1. The van der Waals surface area contributed by atoms with Crippen LogP contribution in [0.5, 0.6) is 0 Å². The zero-order valence-corrected chi connectivity index (χ0v) is 10.6. The molecule has 0 aromatic carbocycles. The molecule has 2 fully saturated rings. The molecule has 2 heterocycles. The lowest BCUT2D eigenvalue weighted by molar-refractivity contribution is -0.117. The summed E-state index contributed by atoms with van der Waals surface area (Å²) in [6.45, 7) is 2.66. The van der Waals surface area contributed by atoms with Crippen LogP contribution in [0.3, 0.4) is 0 Å². The van der Waals surface area contributed by atoms with E-state index in [2.05, 4.69) is 15.2 Å². The van der Waals surface area contributed by atoms with E-state index >= 15 is 0 Å². The molecule has 0 bridgehead atoms. The molecule has 1 aliphatic heterocycles. The minimum atomic E-state index is 0.0618. The molecular formula is C12H17N3OS. The van der Waals surface area contributed by atoms with E-state index in [1.165, 1.54) is 37.0 Å². The first kappa shape index (κ1) is 11.2. The zero-order valence-electron chi connectivity index (χ0n) is 9.82. The molecule has 1 amide bonds. The molecule has 0 radical (unpaired) electrons. The molecule has 0 atom stereocenters. The van der Waals surface area contributed by atoms with Crippen LogP contribution in [0.15, 0.2) is 11.6 Å². The molecule has 1 spiro atoms. The van der Waals surface area contributed by atoms with Gasteiger partial charge in [0.2, 0.25) is 5.91 Å². The molecule has 0 unspecified atom stereocenters. The lowest BCUT2D eigenvalue weighted by atomic mass is 9.94. The van der Waals surface area contributed by atoms with Gasteiger partial charge in [-0.2, -0.15) is 0 Å². The molecule has 17 heavy (non-hydrogen) atoms. The van der Waals surface area contributed by atoms with Crippen LogP contribution in [0.2, 0.25) is 0 Å². The number of nitrogens with zero attached hydrogens (tertiary/aromatic N) is 2. The molecule has 1 saturated heterocycles. The fraction of sp³-hybridized carbons (Fsp3) is 0.667. The fourth-order valence-corrected chi connectivity index (χ4v) is 3.05. The Morgan fingerprint density at radius 1 is 1.41 bits per heavy atom. The van der Waals surface area contributed by atoms with E-state index in [0.717, 1.165) is 13.1 Å². The molecular weight excluding hydrogens is 234 g/mol. The number of hydrogen-bond acceptors (Lipinski definition) is 4.